The summed E-state index contributed by atoms with van der Waals surface area (Å²) >= 11 is 0. The van der Waals surface area contributed by atoms with Crippen molar-refractivity contribution in [1.29, 1.82) is 0 Å². The molecule has 0 aromatic carbocycles. The third-order valence-corrected chi connectivity index (χ3v) is 3.63. The summed E-state index contributed by atoms with van der Waals surface area (Å²) in [6.07, 6.45) is 5.96. The van der Waals surface area contributed by atoms with Gasteiger partial charge in [-0.25, -0.2) is 0 Å². The average molecular weight is 224 g/mol. The minimum absolute atomic E-state index is 0.0671. The molecule has 1 atom stereocenters. The van der Waals surface area contributed by atoms with Gasteiger partial charge in [0, 0.05) is 6.04 Å². The summed E-state index contributed by atoms with van der Waals surface area (Å²) in [4.78, 5) is 11.9. The second-order valence-electron chi connectivity index (χ2n) is 5.95. The molecule has 0 spiro atoms. The van der Waals surface area contributed by atoms with Crippen LogP contribution in [-0.4, -0.2) is 18.0 Å². The average Bonchev–Trinajstić information content (AvgIpc) is 3.03. The van der Waals surface area contributed by atoms with Crippen LogP contribution in [-0.2, 0) is 4.79 Å². The molecule has 1 amide bonds. The van der Waals surface area contributed by atoms with Gasteiger partial charge in [0.25, 0.3) is 0 Å². The quantitative estimate of drug-likeness (QED) is 0.721. The van der Waals surface area contributed by atoms with Crippen LogP contribution >= 0.6 is 0 Å². The third kappa shape index (κ3) is 3.21. The number of nitrogens with one attached hydrogen (secondary N) is 1. The Morgan fingerprint density at radius 3 is 2.12 bits per heavy atom. The standard InChI is InChI=1S/C13H24N2O/c1-8(2)7-11(14)13(16)15-12(9-3-4-9)10-5-6-10/h8-12H,3-7,14H2,1-2H3,(H,15,16)/t11-/m1/s1. The maximum atomic E-state index is 11.9. The molecular weight excluding hydrogens is 200 g/mol. The molecule has 3 heteroatoms. The van der Waals surface area contributed by atoms with Gasteiger partial charge in [0.2, 0.25) is 5.91 Å². The number of carbonyl (C=O) groups excluding carboxylic acids is 1. The molecule has 0 aromatic rings. The summed E-state index contributed by atoms with van der Waals surface area (Å²) in [5.41, 5.74) is 5.90. The van der Waals surface area contributed by atoms with Crippen LogP contribution in [0.4, 0.5) is 0 Å². The highest BCUT2D eigenvalue weighted by Crippen LogP contribution is 2.44. The van der Waals surface area contributed by atoms with Crippen LogP contribution in [0.15, 0.2) is 0 Å². The predicted octanol–water partition coefficient (Wildman–Crippen LogP) is 1.66. The summed E-state index contributed by atoms with van der Waals surface area (Å²) in [5, 5.41) is 3.18. The lowest BCUT2D eigenvalue weighted by molar-refractivity contribution is -0.123. The van der Waals surface area contributed by atoms with E-state index in [9.17, 15) is 4.79 Å². The van der Waals surface area contributed by atoms with Crippen LogP contribution < -0.4 is 11.1 Å². The normalized spacial score (nSPS) is 22.6. The van der Waals surface area contributed by atoms with E-state index in [1.807, 2.05) is 0 Å². The first-order chi connectivity index (χ1) is 7.58. The Hall–Kier alpha value is -0.570. The Bertz CT molecular complexity index is 245. The third-order valence-electron chi connectivity index (χ3n) is 3.63. The van der Waals surface area contributed by atoms with Crippen molar-refractivity contribution in [2.75, 3.05) is 0 Å². The van der Waals surface area contributed by atoms with Crippen molar-refractivity contribution in [3.63, 3.8) is 0 Å². The molecule has 2 aliphatic rings. The van der Waals surface area contributed by atoms with Crippen LogP contribution in [0.25, 0.3) is 0 Å². The zero-order valence-corrected chi connectivity index (χ0v) is 10.4. The summed E-state index contributed by atoms with van der Waals surface area (Å²) < 4.78 is 0. The van der Waals surface area contributed by atoms with Crippen LogP contribution in [0.1, 0.15) is 46.0 Å². The molecule has 2 saturated carbocycles. The lowest BCUT2D eigenvalue weighted by Gasteiger charge is -2.21. The van der Waals surface area contributed by atoms with E-state index in [2.05, 4.69) is 19.2 Å². The number of nitrogens with two attached hydrogens (primary N) is 1. The molecule has 0 saturated heterocycles. The maximum Gasteiger partial charge on any atom is 0.237 e. The molecule has 2 rings (SSSR count). The smallest absolute Gasteiger partial charge is 0.237 e. The molecule has 92 valence electrons. The molecule has 0 radical (unpaired) electrons. The number of hydrogen-bond acceptors (Lipinski definition) is 2. The fraction of sp³-hybridized carbons (Fsp3) is 0.923. The van der Waals surface area contributed by atoms with Crippen molar-refractivity contribution >= 4 is 5.91 Å². The first kappa shape index (κ1) is 11.9. The number of hydrogen-bond donors (Lipinski definition) is 2. The Balaban J connectivity index is 1.79. The molecule has 3 nitrogen and oxygen atoms in total. The van der Waals surface area contributed by atoms with Gasteiger partial charge >= 0.3 is 0 Å². The van der Waals surface area contributed by atoms with Crippen LogP contribution in [0.3, 0.4) is 0 Å². The second-order valence-corrected chi connectivity index (χ2v) is 5.95. The zero-order valence-electron chi connectivity index (χ0n) is 10.4. The minimum atomic E-state index is -0.319. The van der Waals surface area contributed by atoms with E-state index in [-0.39, 0.29) is 11.9 Å². The monoisotopic (exact) mass is 224 g/mol. The first-order valence-corrected chi connectivity index (χ1v) is 6.64. The Kier molecular flexibility index (Phi) is 3.53. The van der Waals surface area contributed by atoms with Gasteiger partial charge in [-0.15, -0.1) is 0 Å². The molecule has 16 heavy (non-hydrogen) atoms. The van der Waals surface area contributed by atoms with Gasteiger partial charge in [0.1, 0.15) is 0 Å². The fourth-order valence-electron chi connectivity index (χ4n) is 2.42. The topological polar surface area (TPSA) is 55.1 Å². The first-order valence-electron chi connectivity index (χ1n) is 6.64. The largest absolute Gasteiger partial charge is 0.351 e. The van der Waals surface area contributed by atoms with Crippen molar-refractivity contribution in [1.82, 2.24) is 5.32 Å². The van der Waals surface area contributed by atoms with Gasteiger partial charge in [-0.2, -0.15) is 0 Å². The summed E-state index contributed by atoms with van der Waals surface area (Å²) in [6.45, 7) is 4.21. The van der Waals surface area contributed by atoms with Gasteiger partial charge in [-0.1, -0.05) is 13.8 Å². The minimum Gasteiger partial charge on any atom is -0.351 e. The lowest BCUT2D eigenvalue weighted by atomic mass is 10.0. The predicted molar refractivity (Wildman–Crippen MR) is 64.8 cm³/mol. The van der Waals surface area contributed by atoms with Crippen LogP contribution in [0.5, 0.6) is 0 Å². The van der Waals surface area contributed by atoms with Gasteiger partial charge in [0.05, 0.1) is 6.04 Å². The van der Waals surface area contributed by atoms with Gasteiger partial charge in [-0.3, -0.25) is 4.79 Å². The Labute approximate surface area is 98.2 Å². The van der Waals surface area contributed by atoms with Crippen molar-refractivity contribution in [3.05, 3.63) is 0 Å². The summed E-state index contributed by atoms with van der Waals surface area (Å²) in [5.74, 6) is 2.06. The molecule has 0 aromatic heterocycles. The van der Waals surface area contributed by atoms with Crippen molar-refractivity contribution in [2.45, 2.75) is 58.0 Å². The molecular formula is C13H24N2O. The second kappa shape index (κ2) is 4.74. The van der Waals surface area contributed by atoms with Gasteiger partial charge in [0.15, 0.2) is 0 Å². The SMILES string of the molecule is CC(C)C[C@@H](N)C(=O)NC(C1CC1)C1CC1. The zero-order chi connectivity index (χ0) is 11.7. The highest BCUT2D eigenvalue weighted by atomic mass is 16.2. The van der Waals surface area contributed by atoms with E-state index < -0.39 is 0 Å². The van der Waals surface area contributed by atoms with Crippen LogP contribution in [0, 0.1) is 17.8 Å². The van der Waals surface area contributed by atoms with E-state index in [4.69, 9.17) is 5.73 Å². The highest BCUT2D eigenvalue weighted by molar-refractivity contribution is 5.81. The summed E-state index contributed by atoms with van der Waals surface area (Å²) in [6, 6.07) is 0.116. The van der Waals surface area contributed by atoms with Gasteiger partial charge in [-0.05, 0) is 49.9 Å². The van der Waals surface area contributed by atoms with E-state index in [1.165, 1.54) is 25.7 Å². The number of carbonyl (C=O) groups is 1. The number of amides is 1. The maximum absolute atomic E-state index is 11.9. The fourth-order valence-corrected chi connectivity index (χ4v) is 2.42. The number of rotatable bonds is 6. The van der Waals surface area contributed by atoms with Crippen molar-refractivity contribution in [2.24, 2.45) is 23.5 Å². The molecule has 0 unspecified atom stereocenters. The molecule has 0 heterocycles. The molecule has 0 bridgehead atoms. The summed E-state index contributed by atoms with van der Waals surface area (Å²) in [7, 11) is 0. The van der Waals surface area contributed by atoms with E-state index in [0.29, 0.717) is 12.0 Å². The molecule has 2 aliphatic carbocycles. The van der Waals surface area contributed by atoms with Crippen LogP contribution in [0.2, 0.25) is 0 Å². The Morgan fingerprint density at radius 2 is 1.75 bits per heavy atom. The van der Waals surface area contributed by atoms with Gasteiger partial charge < -0.3 is 11.1 Å². The van der Waals surface area contributed by atoms with E-state index >= 15 is 0 Å². The molecule has 0 aliphatic heterocycles. The molecule has 3 N–H and O–H groups in total. The van der Waals surface area contributed by atoms with E-state index in [0.717, 1.165) is 18.3 Å². The lowest BCUT2D eigenvalue weighted by Crippen LogP contribution is -2.47. The Morgan fingerprint density at radius 1 is 1.25 bits per heavy atom. The highest BCUT2D eigenvalue weighted by Gasteiger charge is 2.42. The van der Waals surface area contributed by atoms with Crippen molar-refractivity contribution < 1.29 is 4.79 Å². The van der Waals surface area contributed by atoms with Crippen molar-refractivity contribution in [3.8, 4) is 0 Å². The van der Waals surface area contributed by atoms with E-state index in [1.54, 1.807) is 0 Å². The molecule has 2 fully saturated rings.